The molecule has 0 aromatic carbocycles. The Morgan fingerprint density at radius 3 is 2.70 bits per heavy atom. The Kier molecular flexibility index (Phi) is 4.37. The molecule has 2 aromatic rings. The summed E-state index contributed by atoms with van der Waals surface area (Å²) in [6.45, 7) is 4.09. The van der Waals surface area contributed by atoms with Crippen LogP contribution in [0.4, 0.5) is 10.8 Å². The summed E-state index contributed by atoms with van der Waals surface area (Å²) in [5, 5.41) is 6.41. The van der Waals surface area contributed by atoms with Gasteiger partial charge in [0.15, 0.2) is 5.82 Å². The van der Waals surface area contributed by atoms with Crippen molar-refractivity contribution in [1.29, 1.82) is 0 Å². The second kappa shape index (κ2) is 6.71. The Balaban J connectivity index is 1.43. The van der Waals surface area contributed by atoms with E-state index in [9.17, 15) is 4.79 Å². The molecule has 0 aliphatic heterocycles. The monoisotopic (exact) mass is 373 g/mol. The molecule has 1 amide bonds. The number of nitrogens with two attached hydrogens (primary N) is 1. The minimum Gasteiger partial charge on any atom is -0.477 e. The molecule has 0 bridgehead atoms. The maximum Gasteiger partial charge on any atom is 0.414 e. The molecular weight excluding hydrogens is 350 g/mol. The second-order valence-electron chi connectivity index (χ2n) is 7.67. The molecule has 2 aromatic heterocycles. The first kappa shape index (κ1) is 17.6. The molecule has 0 radical (unpaired) electrons. The van der Waals surface area contributed by atoms with Gasteiger partial charge in [0.2, 0.25) is 11.8 Å². The number of rotatable bonds is 7. The fourth-order valence-electron chi connectivity index (χ4n) is 2.71. The van der Waals surface area contributed by atoms with E-state index in [1.54, 1.807) is 19.9 Å². The molecule has 3 N–H and O–H groups in total. The average molecular weight is 373 g/mol. The van der Waals surface area contributed by atoms with Gasteiger partial charge in [0.05, 0.1) is 6.61 Å². The summed E-state index contributed by atoms with van der Waals surface area (Å²) in [5.74, 6) is 2.13. The number of carbonyl (C=O) groups is 1. The Morgan fingerprint density at radius 2 is 2.07 bits per heavy atom. The molecule has 0 atom stereocenters. The molecule has 144 valence electrons. The molecular formula is C18H23N5O4. The molecule has 2 heterocycles. The molecule has 27 heavy (non-hydrogen) atoms. The quantitative estimate of drug-likeness (QED) is 0.759. The van der Waals surface area contributed by atoms with Crippen molar-refractivity contribution in [3.8, 4) is 11.8 Å². The Hall–Kier alpha value is -2.84. The van der Waals surface area contributed by atoms with E-state index in [-0.39, 0.29) is 17.7 Å². The molecule has 9 nitrogen and oxygen atoms in total. The van der Waals surface area contributed by atoms with E-state index in [0.29, 0.717) is 24.3 Å². The SMILES string of the molecule is CC(C)(NC(=O)Oc1ccc(C2CC2)c(OCC2CC2)n1)c1noc(N)n1. The van der Waals surface area contributed by atoms with E-state index in [1.807, 2.05) is 6.07 Å². The molecule has 4 rings (SSSR count). The van der Waals surface area contributed by atoms with Crippen LogP contribution in [-0.2, 0) is 5.54 Å². The number of hydrogen-bond donors (Lipinski definition) is 2. The number of anilines is 1. The summed E-state index contributed by atoms with van der Waals surface area (Å²) in [7, 11) is 0. The van der Waals surface area contributed by atoms with Gasteiger partial charge in [-0.2, -0.15) is 9.97 Å². The third-order valence-corrected chi connectivity index (χ3v) is 4.65. The van der Waals surface area contributed by atoms with Gasteiger partial charge >= 0.3 is 12.1 Å². The molecule has 2 aliphatic carbocycles. The third-order valence-electron chi connectivity index (χ3n) is 4.65. The molecule has 2 fully saturated rings. The standard InChI is InChI=1S/C18H23N5O4/c1-18(2,15-21-16(19)27-23-15)22-17(24)26-13-8-7-12(11-5-6-11)14(20-13)25-9-10-3-4-10/h7-8,10-11H,3-6,9H2,1-2H3,(H,22,24)(H2,19,21,23). The molecule has 9 heteroatoms. The van der Waals surface area contributed by atoms with Crippen LogP contribution in [0, 0.1) is 5.92 Å². The predicted octanol–water partition coefficient (Wildman–Crippen LogP) is 2.74. The Labute approximate surface area is 156 Å². The zero-order chi connectivity index (χ0) is 19.0. The van der Waals surface area contributed by atoms with Crippen molar-refractivity contribution >= 4 is 12.1 Å². The van der Waals surface area contributed by atoms with Gasteiger partial charge in [-0.3, -0.25) is 0 Å². The number of amides is 1. The minimum atomic E-state index is -0.919. The van der Waals surface area contributed by atoms with Crippen molar-refractivity contribution in [3.05, 3.63) is 23.5 Å². The fraction of sp³-hybridized carbons (Fsp3) is 0.556. The summed E-state index contributed by atoms with van der Waals surface area (Å²) in [6.07, 6.45) is 4.01. The maximum atomic E-state index is 12.3. The third kappa shape index (κ3) is 4.29. The highest BCUT2D eigenvalue weighted by Crippen LogP contribution is 2.44. The number of aromatic nitrogens is 3. The van der Waals surface area contributed by atoms with Crippen molar-refractivity contribution in [2.24, 2.45) is 5.92 Å². The van der Waals surface area contributed by atoms with Crippen LogP contribution in [0.3, 0.4) is 0 Å². The van der Waals surface area contributed by atoms with Crippen molar-refractivity contribution in [3.63, 3.8) is 0 Å². The second-order valence-corrected chi connectivity index (χ2v) is 7.67. The number of carbonyl (C=O) groups excluding carboxylic acids is 1. The summed E-state index contributed by atoms with van der Waals surface area (Å²) in [5.41, 5.74) is 5.61. The van der Waals surface area contributed by atoms with E-state index in [2.05, 4.69) is 20.4 Å². The fourth-order valence-corrected chi connectivity index (χ4v) is 2.71. The first-order valence-electron chi connectivity index (χ1n) is 9.14. The highest BCUT2D eigenvalue weighted by molar-refractivity contribution is 5.71. The normalized spacial score (nSPS) is 16.8. The van der Waals surface area contributed by atoms with E-state index >= 15 is 0 Å². The van der Waals surface area contributed by atoms with Crippen LogP contribution in [0.1, 0.15) is 56.8 Å². The van der Waals surface area contributed by atoms with Gasteiger partial charge in [0.25, 0.3) is 0 Å². The van der Waals surface area contributed by atoms with Gasteiger partial charge in [-0.05, 0) is 57.4 Å². The Bertz CT molecular complexity index is 842. The van der Waals surface area contributed by atoms with Crippen LogP contribution in [0.15, 0.2) is 16.7 Å². The molecule has 0 saturated heterocycles. The van der Waals surface area contributed by atoms with Gasteiger partial charge < -0.3 is 25.0 Å². The highest BCUT2D eigenvalue weighted by atomic mass is 16.6. The van der Waals surface area contributed by atoms with Gasteiger partial charge in [-0.15, -0.1) is 0 Å². The van der Waals surface area contributed by atoms with Crippen LogP contribution < -0.4 is 20.5 Å². The summed E-state index contributed by atoms with van der Waals surface area (Å²) < 4.78 is 16.0. The van der Waals surface area contributed by atoms with Crippen molar-refractivity contribution in [1.82, 2.24) is 20.4 Å². The highest BCUT2D eigenvalue weighted by Gasteiger charge is 2.31. The van der Waals surface area contributed by atoms with Gasteiger partial charge in [0, 0.05) is 11.6 Å². The summed E-state index contributed by atoms with van der Waals surface area (Å²) in [4.78, 5) is 20.6. The lowest BCUT2D eigenvalue weighted by molar-refractivity contribution is 0.183. The van der Waals surface area contributed by atoms with E-state index in [1.165, 1.54) is 12.8 Å². The minimum absolute atomic E-state index is 0.0666. The lowest BCUT2D eigenvalue weighted by Crippen LogP contribution is -2.43. The zero-order valence-electron chi connectivity index (χ0n) is 15.4. The Morgan fingerprint density at radius 1 is 1.30 bits per heavy atom. The number of hydrogen-bond acceptors (Lipinski definition) is 8. The van der Waals surface area contributed by atoms with Crippen molar-refractivity contribution in [2.75, 3.05) is 12.3 Å². The topological polar surface area (TPSA) is 125 Å². The smallest absolute Gasteiger partial charge is 0.414 e. The van der Waals surface area contributed by atoms with Crippen LogP contribution in [0.5, 0.6) is 11.8 Å². The van der Waals surface area contributed by atoms with Gasteiger partial charge in [-0.1, -0.05) is 5.16 Å². The van der Waals surface area contributed by atoms with Crippen LogP contribution in [0.2, 0.25) is 0 Å². The van der Waals surface area contributed by atoms with Gasteiger partial charge in [0.1, 0.15) is 5.54 Å². The maximum absolute atomic E-state index is 12.3. The van der Waals surface area contributed by atoms with Crippen LogP contribution in [0.25, 0.3) is 0 Å². The van der Waals surface area contributed by atoms with Crippen molar-refractivity contribution in [2.45, 2.75) is 51.0 Å². The van der Waals surface area contributed by atoms with E-state index in [0.717, 1.165) is 18.4 Å². The summed E-state index contributed by atoms with van der Waals surface area (Å²) >= 11 is 0. The first-order valence-corrected chi connectivity index (χ1v) is 9.14. The molecule has 2 aliphatic rings. The molecule has 0 unspecified atom stereocenters. The van der Waals surface area contributed by atoms with E-state index < -0.39 is 11.6 Å². The number of nitrogens with one attached hydrogen (secondary N) is 1. The largest absolute Gasteiger partial charge is 0.477 e. The summed E-state index contributed by atoms with van der Waals surface area (Å²) in [6, 6.07) is 3.56. The van der Waals surface area contributed by atoms with Crippen molar-refractivity contribution < 1.29 is 18.8 Å². The van der Waals surface area contributed by atoms with Gasteiger partial charge in [-0.25, -0.2) is 4.79 Å². The lowest BCUT2D eigenvalue weighted by atomic mass is 10.1. The number of pyridine rings is 1. The number of nitrogen functional groups attached to an aromatic ring is 1. The lowest BCUT2D eigenvalue weighted by Gasteiger charge is -2.21. The molecule has 0 spiro atoms. The first-order chi connectivity index (χ1) is 12.9. The number of ether oxygens (including phenoxy) is 2. The van der Waals surface area contributed by atoms with E-state index in [4.69, 9.17) is 19.7 Å². The average Bonchev–Trinajstić information content (AvgIpc) is 3.52. The predicted molar refractivity (Wildman–Crippen MR) is 95.3 cm³/mol. The van der Waals surface area contributed by atoms with Crippen LogP contribution >= 0.6 is 0 Å². The van der Waals surface area contributed by atoms with Crippen LogP contribution in [-0.4, -0.2) is 27.8 Å². The zero-order valence-corrected chi connectivity index (χ0v) is 15.4. The number of nitrogens with zero attached hydrogens (tertiary/aromatic N) is 3. The molecule has 2 saturated carbocycles.